The minimum atomic E-state index is -0.627. The van der Waals surface area contributed by atoms with Gasteiger partial charge in [-0.1, -0.05) is 29.8 Å². The highest BCUT2D eigenvalue weighted by molar-refractivity contribution is 5.95. The molecule has 3 N–H and O–H groups in total. The molecule has 0 fully saturated rings. The molecule has 0 aliphatic heterocycles. The molecule has 154 valence electrons. The van der Waals surface area contributed by atoms with E-state index in [1.165, 1.54) is 32.4 Å². The number of hydrogen-bond donors (Lipinski definition) is 2. The van der Waals surface area contributed by atoms with Crippen molar-refractivity contribution in [1.29, 1.82) is 0 Å². The van der Waals surface area contributed by atoms with Crippen LogP contribution in [0.1, 0.15) is 33.9 Å². The van der Waals surface area contributed by atoms with E-state index in [9.17, 15) is 14.4 Å². The number of aryl methyl sites for hydroxylation is 1. The van der Waals surface area contributed by atoms with E-state index in [0.29, 0.717) is 5.56 Å². The predicted octanol–water partition coefficient (Wildman–Crippen LogP) is 1.90. The molecule has 0 saturated carbocycles. The second-order valence-corrected chi connectivity index (χ2v) is 6.34. The molecule has 0 spiro atoms. The summed E-state index contributed by atoms with van der Waals surface area (Å²) >= 11 is 0. The Labute approximate surface area is 168 Å². The minimum Gasteiger partial charge on any atom is -0.493 e. The topological polar surface area (TPSA) is 117 Å². The van der Waals surface area contributed by atoms with Crippen LogP contribution in [0.4, 0.5) is 0 Å². The van der Waals surface area contributed by atoms with Gasteiger partial charge in [-0.3, -0.25) is 14.4 Å². The molecule has 2 aromatic carbocycles. The number of nitrogens with one attached hydrogen (secondary N) is 1. The summed E-state index contributed by atoms with van der Waals surface area (Å²) in [6.45, 7) is 1.64. The van der Waals surface area contributed by atoms with Crippen LogP contribution in [0.3, 0.4) is 0 Å². The molecule has 0 radical (unpaired) electrons. The lowest BCUT2D eigenvalue weighted by Gasteiger charge is -2.19. The van der Waals surface area contributed by atoms with Crippen LogP contribution >= 0.6 is 0 Å². The first-order valence-electron chi connectivity index (χ1n) is 8.87. The number of carbonyl (C=O) groups is 3. The Kier molecular flexibility index (Phi) is 7.59. The van der Waals surface area contributed by atoms with Gasteiger partial charge in [-0.2, -0.15) is 0 Å². The first-order chi connectivity index (χ1) is 13.8. The predicted molar refractivity (Wildman–Crippen MR) is 106 cm³/mol. The second-order valence-electron chi connectivity index (χ2n) is 6.34. The Morgan fingerprint density at radius 1 is 1.03 bits per heavy atom. The van der Waals surface area contributed by atoms with E-state index in [2.05, 4.69) is 5.32 Å². The van der Waals surface area contributed by atoms with Gasteiger partial charge in [-0.05, 0) is 30.7 Å². The maximum absolute atomic E-state index is 12.8. The monoisotopic (exact) mass is 400 g/mol. The van der Waals surface area contributed by atoms with E-state index in [-0.39, 0.29) is 24.5 Å². The first-order valence-corrected chi connectivity index (χ1v) is 8.87. The summed E-state index contributed by atoms with van der Waals surface area (Å²) in [5.74, 6) is -0.910. The standard InChI is InChI=1S/C21H24N2O6/c1-13-4-6-14(7-5-13)16(11-20(25)28-3)23-21(26)15-8-9-17(18(10-15)27-2)29-12-19(22)24/h4-10,16H,11-12H2,1-3H3,(H2,22,24)(H,23,26). The van der Waals surface area contributed by atoms with Crippen LogP contribution in [-0.4, -0.2) is 38.6 Å². The van der Waals surface area contributed by atoms with Gasteiger partial charge in [0.15, 0.2) is 18.1 Å². The molecule has 0 aliphatic rings. The van der Waals surface area contributed by atoms with Crippen molar-refractivity contribution in [3.63, 3.8) is 0 Å². The Hall–Kier alpha value is -3.55. The third kappa shape index (κ3) is 6.24. The Morgan fingerprint density at radius 2 is 1.72 bits per heavy atom. The molecule has 29 heavy (non-hydrogen) atoms. The normalized spacial score (nSPS) is 11.3. The molecule has 0 aromatic heterocycles. The Morgan fingerprint density at radius 3 is 2.31 bits per heavy atom. The number of primary amides is 1. The van der Waals surface area contributed by atoms with Gasteiger partial charge in [0.1, 0.15) is 0 Å². The minimum absolute atomic E-state index is 0.0117. The first kappa shape index (κ1) is 21.7. The van der Waals surface area contributed by atoms with Crippen LogP contribution in [0, 0.1) is 6.92 Å². The lowest BCUT2D eigenvalue weighted by atomic mass is 10.0. The third-order valence-electron chi connectivity index (χ3n) is 4.18. The zero-order valence-corrected chi connectivity index (χ0v) is 16.6. The number of benzene rings is 2. The van der Waals surface area contributed by atoms with Crippen molar-refractivity contribution in [2.24, 2.45) is 5.73 Å². The van der Waals surface area contributed by atoms with Crippen LogP contribution in [0.25, 0.3) is 0 Å². The summed E-state index contributed by atoms with van der Waals surface area (Å²) in [5, 5.41) is 2.85. The molecule has 1 unspecified atom stereocenters. The molecule has 0 bridgehead atoms. The fraction of sp³-hybridized carbons (Fsp3) is 0.286. The largest absolute Gasteiger partial charge is 0.493 e. The average Bonchev–Trinajstić information content (AvgIpc) is 2.71. The molecule has 8 nitrogen and oxygen atoms in total. The van der Waals surface area contributed by atoms with Crippen molar-refractivity contribution >= 4 is 17.8 Å². The van der Waals surface area contributed by atoms with E-state index in [0.717, 1.165) is 11.1 Å². The highest BCUT2D eigenvalue weighted by Gasteiger charge is 2.21. The fourth-order valence-electron chi connectivity index (χ4n) is 2.62. The van der Waals surface area contributed by atoms with E-state index in [1.807, 2.05) is 31.2 Å². The molecule has 8 heteroatoms. The van der Waals surface area contributed by atoms with Crippen molar-refractivity contribution in [1.82, 2.24) is 5.32 Å². The lowest BCUT2D eigenvalue weighted by molar-refractivity contribution is -0.141. The summed E-state index contributed by atoms with van der Waals surface area (Å²) in [6, 6.07) is 11.5. The van der Waals surface area contributed by atoms with Crippen molar-refractivity contribution in [2.45, 2.75) is 19.4 Å². The number of hydrogen-bond acceptors (Lipinski definition) is 6. The number of methoxy groups -OCH3 is 2. The van der Waals surface area contributed by atoms with E-state index in [4.69, 9.17) is 19.9 Å². The molecular weight excluding hydrogens is 376 g/mol. The third-order valence-corrected chi connectivity index (χ3v) is 4.18. The fourth-order valence-corrected chi connectivity index (χ4v) is 2.62. The number of amides is 2. The van der Waals surface area contributed by atoms with Crippen LogP contribution < -0.4 is 20.5 Å². The Bertz CT molecular complexity index is 879. The van der Waals surface area contributed by atoms with Gasteiger partial charge < -0.3 is 25.3 Å². The van der Waals surface area contributed by atoms with Crippen molar-refractivity contribution in [2.75, 3.05) is 20.8 Å². The SMILES string of the molecule is COC(=O)CC(NC(=O)c1ccc(OCC(N)=O)c(OC)c1)c1ccc(C)cc1. The molecule has 2 amide bonds. The summed E-state index contributed by atoms with van der Waals surface area (Å²) in [6.07, 6.45) is -0.0117. The van der Waals surface area contributed by atoms with Crippen LogP contribution in [-0.2, 0) is 14.3 Å². The van der Waals surface area contributed by atoms with Crippen LogP contribution in [0.15, 0.2) is 42.5 Å². The maximum atomic E-state index is 12.8. The van der Waals surface area contributed by atoms with Gasteiger partial charge in [0.05, 0.1) is 26.7 Å². The van der Waals surface area contributed by atoms with Gasteiger partial charge in [-0.15, -0.1) is 0 Å². The molecule has 0 heterocycles. The number of esters is 1. The number of carbonyl (C=O) groups excluding carboxylic acids is 3. The van der Waals surface area contributed by atoms with Gasteiger partial charge in [0.25, 0.3) is 11.8 Å². The van der Waals surface area contributed by atoms with Crippen LogP contribution in [0.5, 0.6) is 11.5 Å². The second kappa shape index (κ2) is 10.1. The molecular formula is C21H24N2O6. The van der Waals surface area contributed by atoms with Gasteiger partial charge in [0.2, 0.25) is 0 Å². The molecule has 2 rings (SSSR count). The molecule has 0 aliphatic carbocycles. The van der Waals surface area contributed by atoms with Gasteiger partial charge in [0, 0.05) is 5.56 Å². The quantitative estimate of drug-likeness (QED) is 0.621. The zero-order chi connectivity index (χ0) is 21.4. The number of rotatable bonds is 9. The van der Waals surface area contributed by atoms with Crippen molar-refractivity contribution < 1.29 is 28.6 Å². The summed E-state index contributed by atoms with van der Waals surface area (Å²) < 4.78 is 15.2. The average molecular weight is 400 g/mol. The number of nitrogens with two attached hydrogens (primary N) is 1. The zero-order valence-electron chi connectivity index (χ0n) is 16.6. The highest BCUT2D eigenvalue weighted by atomic mass is 16.5. The Balaban J connectivity index is 2.22. The maximum Gasteiger partial charge on any atom is 0.307 e. The van der Waals surface area contributed by atoms with Crippen LogP contribution in [0.2, 0.25) is 0 Å². The van der Waals surface area contributed by atoms with E-state index < -0.39 is 23.8 Å². The van der Waals surface area contributed by atoms with Crippen molar-refractivity contribution in [3.8, 4) is 11.5 Å². The lowest BCUT2D eigenvalue weighted by Crippen LogP contribution is -2.30. The number of ether oxygens (including phenoxy) is 3. The smallest absolute Gasteiger partial charge is 0.307 e. The van der Waals surface area contributed by atoms with Gasteiger partial charge in [-0.25, -0.2) is 0 Å². The van der Waals surface area contributed by atoms with Gasteiger partial charge >= 0.3 is 5.97 Å². The molecule has 2 aromatic rings. The summed E-state index contributed by atoms with van der Waals surface area (Å²) in [4.78, 5) is 35.5. The van der Waals surface area contributed by atoms with E-state index in [1.54, 1.807) is 0 Å². The van der Waals surface area contributed by atoms with E-state index >= 15 is 0 Å². The van der Waals surface area contributed by atoms with Crippen molar-refractivity contribution in [3.05, 3.63) is 59.2 Å². The molecule has 1 atom stereocenters. The summed E-state index contributed by atoms with van der Waals surface area (Å²) in [5.41, 5.74) is 7.22. The highest BCUT2D eigenvalue weighted by Crippen LogP contribution is 2.28. The summed E-state index contributed by atoms with van der Waals surface area (Å²) in [7, 11) is 2.71. The molecule has 0 saturated heterocycles.